The van der Waals surface area contributed by atoms with Crippen molar-refractivity contribution in [2.45, 2.75) is 35.9 Å². The Balaban J connectivity index is 1.49. The standard InChI is InChI=1S/C30H26FN3O4S2/c1-2-3-17-38-23-15-11-20(12-16-23)25-24(26(35)21-7-5-4-6-8-21)27(36)28(37)34(25)29-32-33-30(40-29)39-18-19-9-13-22(31)14-10-19/h4-16,25,35H,2-3,17-18H2,1H3/b26-24-. The predicted octanol–water partition coefficient (Wildman–Crippen LogP) is 6.77. The number of halogens is 1. The van der Waals surface area contributed by atoms with Gasteiger partial charge in [0.15, 0.2) is 4.34 Å². The third-order valence-electron chi connectivity index (χ3n) is 6.33. The maximum Gasteiger partial charge on any atom is 0.301 e. The number of ether oxygens (including phenoxy) is 1. The lowest BCUT2D eigenvalue weighted by atomic mass is 9.95. The van der Waals surface area contributed by atoms with Crippen molar-refractivity contribution in [1.82, 2.24) is 10.2 Å². The fraction of sp³-hybridized carbons (Fsp3) is 0.200. The summed E-state index contributed by atoms with van der Waals surface area (Å²) >= 11 is 2.57. The minimum atomic E-state index is -0.909. The number of anilines is 1. The average Bonchev–Trinajstić information content (AvgIpc) is 3.55. The van der Waals surface area contributed by atoms with E-state index in [2.05, 4.69) is 17.1 Å². The molecule has 40 heavy (non-hydrogen) atoms. The first-order valence-electron chi connectivity index (χ1n) is 12.8. The molecule has 1 aliphatic rings. The van der Waals surface area contributed by atoms with Gasteiger partial charge in [0.2, 0.25) is 5.13 Å². The molecule has 1 aromatic heterocycles. The molecule has 1 unspecified atom stereocenters. The van der Waals surface area contributed by atoms with E-state index in [4.69, 9.17) is 4.74 Å². The molecule has 2 heterocycles. The van der Waals surface area contributed by atoms with Crippen LogP contribution in [0.2, 0.25) is 0 Å². The van der Waals surface area contributed by atoms with Crippen molar-refractivity contribution in [2.75, 3.05) is 11.5 Å². The highest BCUT2D eigenvalue weighted by Gasteiger charge is 2.48. The van der Waals surface area contributed by atoms with Crippen LogP contribution >= 0.6 is 23.1 Å². The SMILES string of the molecule is CCCCOc1ccc(C2/C(=C(/O)c3ccccc3)C(=O)C(=O)N2c2nnc(SCc3ccc(F)cc3)s2)cc1. The van der Waals surface area contributed by atoms with E-state index in [0.717, 1.165) is 18.4 Å². The van der Waals surface area contributed by atoms with Crippen molar-refractivity contribution in [2.24, 2.45) is 0 Å². The van der Waals surface area contributed by atoms with E-state index in [-0.39, 0.29) is 22.3 Å². The number of aromatic nitrogens is 2. The molecule has 7 nitrogen and oxygen atoms in total. The van der Waals surface area contributed by atoms with Gasteiger partial charge in [-0.15, -0.1) is 10.2 Å². The topological polar surface area (TPSA) is 92.6 Å². The lowest BCUT2D eigenvalue weighted by Gasteiger charge is -2.22. The first-order chi connectivity index (χ1) is 19.5. The monoisotopic (exact) mass is 575 g/mol. The van der Waals surface area contributed by atoms with Gasteiger partial charge in [0.25, 0.3) is 5.78 Å². The molecule has 0 aliphatic carbocycles. The summed E-state index contributed by atoms with van der Waals surface area (Å²) in [5.74, 6) is -0.955. The van der Waals surface area contributed by atoms with Crippen LogP contribution in [0.5, 0.6) is 5.75 Å². The Labute approximate surface area is 239 Å². The van der Waals surface area contributed by atoms with E-state index in [1.54, 1.807) is 66.7 Å². The van der Waals surface area contributed by atoms with Gasteiger partial charge in [-0.1, -0.05) is 91.0 Å². The van der Waals surface area contributed by atoms with Crippen molar-refractivity contribution in [3.63, 3.8) is 0 Å². The van der Waals surface area contributed by atoms with Crippen molar-refractivity contribution in [3.05, 3.63) is 107 Å². The molecule has 10 heteroatoms. The Bertz CT molecular complexity index is 1520. The van der Waals surface area contributed by atoms with Crippen molar-refractivity contribution in [3.8, 4) is 5.75 Å². The van der Waals surface area contributed by atoms with Crippen LogP contribution < -0.4 is 9.64 Å². The second-order valence-electron chi connectivity index (χ2n) is 9.07. The zero-order valence-corrected chi connectivity index (χ0v) is 23.3. The van der Waals surface area contributed by atoms with Gasteiger partial charge in [0, 0.05) is 11.3 Å². The maximum absolute atomic E-state index is 13.4. The van der Waals surface area contributed by atoms with Gasteiger partial charge < -0.3 is 9.84 Å². The van der Waals surface area contributed by atoms with Crippen molar-refractivity contribution >= 4 is 45.7 Å². The molecule has 0 spiro atoms. The first-order valence-corrected chi connectivity index (χ1v) is 14.6. The molecule has 0 saturated carbocycles. The number of aliphatic hydroxyl groups excluding tert-OH is 1. The molecular weight excluding hydrogens is 549 g/mol. The van der Waals surface area contributed by atoms with Gasteiger partial charge >= 0.3 is 5.91 Å². The Morgan fingerprint density at radius 2 is 1.75 bits per heavy atom. The molecule has 3 aromatic carbocycles. The fourth-order valence-corrected chi connectivity index (χ4v) is 6.08. The van der Waals surface area contributed by atoms with Crippen LogP contribution in [0.15, 0.2) is 88.8 Å². The van der Waals surface area contributed by atoms with E-state index in [9.17, 15) is 19.1 Å². The van der Waals surface area contributed by atoms with Gasteiger partial charge in [-0.25, -0.2) is 4.39 Å². The molecule has 1 atom stereocenters. The van der Waals surface area contributed by atoms with Gasteiger partial charge in [-0.2, -0.15) is 0 Å². The van der Waals surface area contributed by atoms with Crippen LogP contribution in [-0.2, 0) is 15.3 Å². The third kappa shape index (κ3) is 5.93. The zero-order chi connectivity index (χ0) is 28.1. The number of benzene rings is 3. The number of Topliss-reactive ketones (excluding diaryl/α,β-unsaturated/α-hetero) is 1. The number of amides is 1. The number of aliphatic hydroxyl groups is 1. The number of hydrogen-bond donors (Lipinski definition) is 1. The Morgan fingerprint density at radius 3 is 2.45 bits per heavy atom. The Hall–Kier alpha value is -4.02. The number of nitrogens with zero attached hydrogens (tertiary/aromatic N) is 3. The number of carbonyl (C=O) groups is 2. The van der Waals surface area contributed by atoms with Gasteiger partial charge in [-0.05, 0) is 41.8 Å². The summed E-state index contributed by atoms with van der Waals surface area (Å²) in [5.41, 5.74) is 1.94. The van der Waals surface area contributed by atoms with Crippen LogP contribution in [0.25, 0.3) is 5.76 Å². The quantitative estimate of drug-likeness (QED) is 0.0557. The highest BCUT2D eigenvalue weighted by atomic mass is 32.2. The fourth-order valence-electron chi connectivity index (χ4n) is 4.26. The molecule has 1 fully saturated rings. The zero-order valence-electron chi connectivity index (χ0n) is 21.6. The van der Waals surface area contributed by atoms with Crippen LogP contribution in [0.3, 0.4) is 0 Å². The summed E-state index contributed by atoms with van der Waals surface area (Å²) < 4.78 is 19.6. The van der Waals surface area contributed by atoms with E-state index < -0.39 is 17.7 Å². The molecule has 1 saturated heterocycles. The predicted molar refractivity (Wildman–Crippen MR) is 154 cm³/mol. The molecule has 5 rings (SSSR count). The lowest BCUT2D eigenvalue weighted by Crippen LogP contribution is -2.29. The number of hydrogen-bond acceptors (Lipinski definition) is 8. The molecule has 0 radical (unpaired) electrons. The van der Waals surface area contributed by atoms with Crippen LogP contribution in [0.4, 0.5) is 9.52 Å². The second-order valence-corrected chi connectivity index (χ2v) is 11.3. The number of rotatable bonds is 10. The van der Waals surface area contributed by atoms with E-state index in [1.165, 1.54) is 40.1 Å². The first kappa shape index (κ1) is 27.5. The Morgan fingerprint density at radius 1 is 1.02 bits per heavy atom. The molecule has 204 valence electrons. The highest BCUT2D eigenvalue weighted by Crippen LogP contribution is 2.44. The number of thioether (sulfide) groups is 1. The van der Waals surface area contributed by atoms with Gasteiger partial charge in [0.1, 0.15) is 17.3 Å². The molecule has 4 aromatic rings. The van der Waals surface area contributed by atoms with Crippen molar-refractivity contribution in [1.29, 1.82) is 0 Å². The smallest absolute Gasteiger partial charge is 0.301 e. The maximum atomic E-state index is 13.4. The minimum Gasteiger partial charge on any atom is -0.507 e. The average molecular weight is 576 g/mol. The molecular formula is C30H26FN3O4S2. The third-order valence-corrected chi connectivity index (χ3v) is 8.46. The lowest BCUT2D eigenvalue weighted by molar-refractivity contribution is -0.132. The largest absolute Gasteiger partial charge is 0.507 e. The van der Waals surface area contributed by atoms with Gasteiger partial charge in [-0.3, -0.25) is 14.5 Å². The van der Waals surface area contributed by atoms with E-state index >= 15 is 0 Å². The van der Waals surface area contributed by atoms with E-state index in [0.29, 0.717) is 33.6 Å². The summed E-state index contributed by atoms with van der Waals surface area (Å²) in [6.07, 6.45) is 1.94. The summed E-state index contributed by atoms with van der Waals surface area (Å²) in [6.45, 7) is 2.67. The Kier molecular flexibility index (Phi) is 8.57. The summed E-state index contributed by atoms with van der Waals surface area (Å²) in [6, 6.07) is 21.1. The van der Waals surface area contributed by atoms with Gasteiger partial charge in [0.05, 0.1) is 18.2 Å². The summed E-state index contributed by atoms with van der Waals surface area (Å²) in [4.78, 5) is 28.1. The molecule has 1 aliphatic heterocycles. The van der Waals surface area contributed by atoms with Crippen molar-refractivity contribution < 1.29 is 23.8 Å². The number of ketones is 1. The van der Waals surface area contributed by atoms with Crippen LogP contribution in [0, 0.1) is 5.82 Å². The minimum absolute atomic E-state index is 0.0217. The normalized spacial score (nSPS) is 16.4. The molecule has 1 amide bonds. The molecule has 0 bridgehead atoms. The van der Waals surface area contributed by atoms with Crippen LogP contribution in [0.1, 0.15) is 42.5 Å². The second kappa shape index (κ2) is 12.4. The number of carbonyl (C=O) groups excluding carboxylic acids is 2. The van der Waals surface area contributed by atoms with E-state index in [1.807, 2.05) is 0 Å². The summed E-state index contributed by atoms with van der Waals surface area (Å²) in [7, 11) is 0. The molecule has 1 N–H and O–H groups in total. The summed E-state index contributed by atoms with van der Waals surface area (Å²) in [5, 5.41) is 19.9. The number of unbranched alkanes of at least 4 members (excludes halogenated alkanes) is 1. The highest BCUT2D eigenvalue weighted by molar-refractivity contribution is 8.00. The van der Waals surface area contributed by atoms with Crippen LogP contribution in [-0.4, -0.2) is 33.6 Å².